The van der Waals surface area contributed by atoms with Crippen LogP contribution in [0, 0.1) is 18.3 Å². The number of anilines is 2. The van der Waals surface area contributed by atoms with Crippen LogP contribution in [0.1, 0.15) is 28.1 Å². The number of hydrogen-bond donors (Lipinski definition) is 2. The van der Waals surface area contributed by atoms with E-state index in [1.165, 1.54) is 0 Å². The third-order valence-corrected chi connectivity index (χ3v) is 5.10. The Balaban J connectivity index is 1.69. The molecule has 0 saturated heterocycles. The van der Waals surface area contributed by atoms with Crippen molar-refractivity contribution in [2.75, 3.05) is 19.4 Å². The summed E-state index contributed by atoms with van der Waals surface area (Å²) >= 11 is 0. The van der Waals surface area contributed by atoms with Crippen molar-refractivity contribution in [2.45, 2.75) is 13.5 Å². The van der Waals surface area contributed by atoms with Gasteiger partial charge in [0.05, 0.1) is 22.6 Å². The molecular weight excluding hydrogens is 384 g/mol. The predicted molar refractivity (Wildman–Crippen MR) is 126 cm³/mol. The molecule has 154 valence electrons. The van der Waals surface area contributed by atoms with E-state index in [2.05, 4.69) is 44.2 Å². The van der Waals surface area contributed by atoms with Crippen LogP contribution in [0.2, 0.25) is 0 Å². The van der Waals surface area contributed by atoms with E-state index in [1.54, 1.807) is 12.4 Å². The summed E-state index contributed by atoms with van der Waals surface area (Å²) in [5.41, 5.74) is 7.07. The lowest BCUT2D eigenvalue weighted by Gasteiger charge is -2.14. The van der Waals surface area contributed by atoms with E-state index in [4.69, 9.17) is 0 Å². The van der Waals surface area contributed by atoms with Gasteiger partial charge in [0.1, 0.15) is 6.07 Å². The summed E-state index contributed by atoms with van der Waals surface area (Å²) in [7, 11) is 4.04. The smallest absolute Gasteiger partial charge is 0.103 e. The first-order valence-corrected chi connectivity index (χ1v) is 10.1. The second kappa shape index (κ2) is 8.82. The van der Waals surface area contributed by atoms with Crippen LogP contribution in [0.15, 0.2) is 55.0 Å². The first kappa shape index (κ1) is 20.3. The zero-order valence-corrected chi connectivity index (χ0v) is 17.8. The van der Waals surface area contributed by atoms with Crippen molar-refractivity contribution < 1.29 is 0 Å². The highest BCUT2D eigenvalue weighted by molar-refractivity contribution is 5.90. The molecule has 1 aromatic carbocycles. The molecule has 0 unspecified atom stereocenters. The zero-order valence-electron chi connectivity index (χ0n) is 17.8. The molecule has 0 fully saturated rings. The van der Waals surface area contributed by atoms with E-state index in [9.17, 15) is 5.26 Å². The summed E-state index contributed by atoms with van der Waals surface area (Å²) in [6, 6.07) is 14.4. The van der Waals surface area contributed by atoms with Gasteiger partial charge in [-0.2, -0.15) is 5.26 Å². The van der Waals surface area contributed by atoms with Gasteiger partial charge < -0.3 is 15.2 Å². The summed E-state index contributed by atoms with van der Waals surface area (Å²) in [5, 5.41) is 14.3. The normalized spacial score (nSPS) is 11.3. The van der Waals surface area contributed by atoms with Crippen molar-refractivity contribution in [1.29, 1.82) is 5.26 Å². The van der Waals surface area contributed by atoms with Crippen molar-refractivity contribution in [3.8, 4) is 6.07 Å². The Morgan fingerprint density at radius 2 is 2.00 bits per heavy atom. The first-order valence-electron chi connectivity index (χ1n) is 10.1. The Kier molecular flexibility index (Phi) is 5.78. The molecule has 0 aliphatic rings. The lowest BCUT2D eigenvalue weighted by atomic mass is 10.1. The highest BCUT2D eigenvalue weighted by Crippen LogP contribution is 2.31. The van der Waals surface area contributed by atoms with Crippen LogP contribution in [0.3, 0.4) is 0 Å². The summed E-state index contributed by atoms with van der Waals surface area (Å²) in [5.74, 6) is 0. The topological polar surface area (TPSA) is 80.6 Å². The molecule has 3 heterocycles. The fourth-order valence-corrected chi connectivity index (χ4v) is 3.56. The van der Waals surface area contributed by atoms with Gasteiger partial charge in [-0.05, 0) is 69.1 Å². The number of fused-ring (bicyclic) bond motifs is 1. The van der Waals surface area contributed by atoms with E-state index in [0.29, 0.717) is 5.56 Å². The van der Waals surface area contributed by atoms with Crippen LogP contribution >= 0.6 is 0 Å². The first-order chi connectivity index (χ1) is 15.0. The summed E-state index contributed by atoms with van der Waals surface area (Å²) < 4.78 is 0. The fraction of sp³-hybridized carbons (Fsp3) is 0.160. The van der Waals surface area contributed by atoms with Gasteiger partial charge in [0.25, 0.3) is 0 Å². The van der Waals surface area contributed by atoms with Crippen LogP contribution < -0.4 is 5.32 Å². The molecule has 0 atom stereocenters. The number of aryl methyl sites for hydroxylation is 1. The van der Waals surface area contributed by atoms with Gasteiger partial charge in [0, 0.05) is 47.3 Å². The standard InChI is InChI=1S/C25H24N6/c1-17-22-11-12-28-24(22)10-9-23(17)30-25-18(14-27-15-19(25)13-26)7-8-20-5-4-6-21(29-20)16-31(2)3/h4-12,14-15,28H,16H2,1-3H3,(H,27,30). The van der Waals surface area contributed by atoms with Crippen molar-refractivity contribution in [2.24, 2.45) is 0 Å². The predicted octanol–water partition coefficient (Wildman–Crippen LogP) is 5.11. The van der Waals surface area contributed by atoms with Gasteiger partial charge in [-0.15, -0.1) is 0 Å². The van der Waals surface area contributed by atoms with Crippen molar-refractivity contribution in [3.05, 3.63) is 83.1 Å². The molecule has 0 saturated carbocycles. The molecule has 6 nitrogen and oxygen atoms in total. The van der Waals surface area contributed by atoms with Gasteiger partial charge in [-0.3, -0.25) is 9.97 Å². The number of benzene rings is 1. The average Bonchev–Trinajstić information content (AvgIpc) is 3.24. The number of aromatic amines is 1. The number of rotatable bonds is 6. The highest BCUT2D eigenvalue weighted by Gasteiger charge is 2.11. The van der Waals surface area contributed by atoms with Crippen LogP contribution in [-0.4, -0.2) is 33.9 Å². The molecule has 4 rings (SSSR count). The largest absolute Gasteiger partial charge is 0.361 e. The molecule has 2 N–H and O–H groups in total. The molecular formula is C25H24N6. The molecule has 31 heavy (non-hydrogen) atoms. The Morgan fingerprint density at radius 3 is 2.81 bits per heavy atom. The molecule has 0 aliphatic heterocycles. The van der Waals surface area contributed by atoms with Gasteiger partial charge >= 0.3 is 0 Å². The van der Waals surface area contributed by atoms with Gasteiger partial charge in [-0.25, -0.2) is 0 Å². The Bertz CT molecular complexity index is 1290. The molecule has 4 aromatic rings. The maximum absolute atomic E-state index is 9.66. The van der Waals surface area contributed by atoms with Gasteiger partial charge in [0.2, 0.25) is 0 Å². The third-order valence-electron chi connectivity index (χ3n) is 5.10. The lowest BCUT2D eigenvalue weighted by molar-refractivity contribution is 0.397. The van der Waals surface area contributed by atoms with E-state index in [0.717, 1.165) is 51.3 Å². The number of H-pyrrole nitrogens is 1. The second-order valence-corrected chi connectivity index (χ2v) is 7.69. The van der Waals surface area contributed by atoms with Gasteiger partial charge in [-0.1, -0.05) is 6.07 Å². The second-order valence-electron chi connectivity index (χ2n) is 7.69. The third kappa shape index (κ3) is 4.47. The molecule has 0 aliphatic carbocycles. The van der Waals surface area contributed by atoms with Crippen molar-refractivity contribution in [3.63, 3.8) is 0 Å². The van der Waals surface area contributed by atoms with E-state index >= 15 is 0 Å². The minimum Gasteiger partial charge on any atom is -0.361 e. The summed E-state index contributed by atoms with van der Waals surface area (Å²) in [6.45, 7) is 2.85. The SMILES string of the molecule is Cc1c(Nc2c(C#N)cncc2C=Cc2cccc(CN(C)C)n2)ccc2[nH]ccc12. The van der Waals surface area contributed by atoms with Crippen LogP contribution in [-0.2, 0) is 6.54 Å². The number of aromatic nitrogens is 3. The van der Waals surface area contributed by atoms with Crippen LogP contribution in [0.25, 0.3) is 23.1 Å². The minimum atomic E-state index is 0.491. The van der Waals surface area contributed by atoms with E-state index in [1.807, 2.05) is 62.8 Å². The van der Waals surface area contributed by atoms with E-state index < -0.39 is 0 Å². The molecule has 0 amide bonds. The van der Waals surface area contributed by atoms with Crippen molar-refractivity contribution >= 4 is 34.4 Å². The molecule has 6 heteroatoms. The average molecular weight is 409 g/mol. The number of nitrogens with zero attached hydrogens (tertiary/aromatic N) is 4. The number of pyridine rings is 2. The number of nitriles is 1. The van der Waals surface area contributed by atoms with Crippen LogP contribution in [0.5, 0.6) is 0 Å². The number of nitrogens with one attached hydrogen (secondary N) is 2. The number of hydrogen-bond acceptors (Lipinski definition) is 5. The summed E-state index contributed by atoms with van der Waals surface area (Å²) in [4.78, 5) is 14.2. The molecule has 0 radical (unpaired) electrons. The maximum atomic E-state index is 9.66. The highest BCUT2D eigenvalue weighted by atomic mass is 15.1. The molecule has 0 bridgehead atoms. The zero-order chi connectivity index (χ0) is 21.8. The Morgan fingerprint density at radius 1 is 1.13 bits per heavy atom. The quantitative estimate of drug-likeness (QED) is 0.463. The minimum absolute atomic E-state index is 0.491. The summed E-state index contributed by atoms with van der Waals surface area (Å²) in [6.07, 6.45) is 9.17. The van der Waals surface area contributed by atoms with Crippen LogP contribution in [0.4, 0.5) is 11.4 Å². The molecule has 0 spiro atoms. The fourth-order valence-electron chi connectivity index (χ4n) is 3.56. The Hall–Kier alpha value is -3.95. The van der Waals surface area contributed by atoms with Gasteiger partial charge in [0.15, 0.2) is 0 Å². The van der Waals surface area contributed by atoms with Crippen molar-refractivity contribution in [1.82, 2.24) is 19.9 Å². The lowest BCUT2D eigenvalue weighted by Crippen LogP contribution is -2.11. The molecule has 3 aromatic heterocycles. The Labute approximate surface area is 181 Å². The maximum Gasteiger partial charge on any atom is 0.103 e. The monoisotopic (exact) mass is 408 g/mol. The van der Waals surface area contributed by atoms with E-state index in [-0.39, 0.29) is 0 Å².